The van der Waals surface area contributed by atoms with E-state index in [0.717, 1.165) is 16.5 Å². The summed E-state index contributed by atoms with van der Waals surface area (Å²) in [5.74, 6) is 0. The minimum absolute atomic E-state index is 0.0707. The second-order valence-electron chi connectivity index (χ2n) is 6.25. The van der Waals surface area contributed by atoms with Gasteiger partial charge in [-0.1, -0.05) is 60.2 Å². The van der Waals surface area contributed by atoms with Gasteiger partial charge in [0, 0.05) is 10.9 Å². The third-order valence-corrected chi connectivity index (χ3v) is 5.51. The Balaban J connectivity index is 2.03. The lowest BCUT2D eigenvalue weighted by Gasteiger charge is -2.06. The molecule has 0 aliphatic rings. The number of aryl methyl sites for hydroxylation is 1. The predicted octanol–water partition coefficient (Wildman–Crippen LogP) is 4.70. The second kappa shape index (κ2) is 6.85. The molecule has 27 heavy (non-hydrogen) atoms. The minimum Gasteiger partial charge on any atom is -0.437 e. The Bertz CT molecular complexity index is 1280. The predicted molar refractivity (Wildman–Crippen MR) is 106 cm³/mol. The topological polar surface area (TPSA) is 59.6 Å². The number of hydrogen-bond donors (Lipinski definition) is 0. The molecule has 0 spiro atoms. The Kier molecular flexibility index (Phi) is 4.38. The van der Waals surface area contributed by atoms with Gasteiger partial charge in [0.15, 0.2) is 0 Å². The molecule has 0 aliphatic carbocycles. The van der Waals surface area contributed by atoms with Gasteiger partial charge in [-0.3, -0.25) is 0 Å². The molecule has 1 heterocycles. The molecule has 0 N–H and O–H groups in total. The molecule has 0 atom stereocenters. The number of hydrogen-bond acceptors (Lipinski definition) is 3. The van der Waals surface area contributed by atoms with Crippen molar-refractivity contribution in [1.82, 2.24) is 0 Å². The summed E-state index contributed by atoms with van der Waals surface area (Å²) in [5.41, 5.74) is 3.22. The van der Waals surface area contributed by atoms with Crippen LogP contribution in [0.4, 0.5) is 0 Å². The van der Waals surface area contributed by atoms with Crippen LogP contribution in [-0.2, 0) is 10.0 Å². The Morgan fingerprint density at radius 1 is 0.815 bits per heavy atom. The van der Waals surface area contributed by atoms with E-state index in [9.17, 15) is 8.42 Å². The molecule has 4 nitrogen and oxygen atoms in total. The average Bonchev–Trinajstić information content (AvgIpc) is 2.69. The first-order valence-corrected chi connectivity index (χ1v) is 9.93. The summed E-state index contributed by atoms with van der Waals surface area (Å²) in [7, 11) is -3.89. The monoisotopic (exact) mass is 375 g/mol. The van der Waals surface area contributed by atoms with Crippen LogP contribution >= 0.6 is 0 Å². The summed E-state index contributed by atoms with van der Waals surface area (Å²) in [5, 5.41) is 0.893. The van der Waals surface area contributed by atoms with Crippen LogP contribution in [0.3, 0.4) is 0 Å². The van der Waals surface area contributed by atoms with Gasteiger partial charge in [-0.15, -0.1) is 4.40 Å². The van der Waals surface area contributed by atoms with E-state index in [1.165, 1.54) is 12.1 Å². The zero-order valence-electron chi connectivity index (χ0n) is 14.7. The Hall–Kier alpha value is -3.18. The lowest BCUT2D eigenvalue weighted by molar-refractivity contribution is 0.543. The summed E-state index contributed by atoms with van der Waals surface area (Å²) in [6.07, 6.45) is 0. The molecule has 1 aromatic heterocycles. The fourth-order valence-corrected chi connectivity index (χ4v) is 3.86. The van der Waals surface area contributed by atoms with Crippen molar-refractivity contribution in [2.24, 2.45) is 4.40 Å². The van der Waals surface area contributed by atoms with Crippen LogP contribution in [0, 0.1) is 6.92 Å². The zero-order valence-corrected chi connectivity index (χ0v) is 15.5. The van der Waals surface area contributed by atoms with Crippen LogP contribution in [0.5, 0.6) is 0 Å². The highest BCUT2D eigenvalue weighted by atomic mass is 32.2. The quantitative estimate of drug-likeness (QED) is 0.521. The molecular weight excluding hydrogens is 358 g/mol. The highest BCUT2D eigenvalue weighted by Crippen LogP contribution is 2.22. The molecule has 0 unspecified atom stereocenters. The van der Waals surface area contributed by atoms with Crippen molar-refractivity contribution < 1.29 is 12.8 Å². The Morgan fingerprint density at radius 2 is 1.48 bits per heavy atom. The molecule has 0 saturated carbocycles. The van der Waals surface area contributed by atoms with Gasteiger partial charge in [0.1, 0.15) is 5.58 Å². The van der Waals surface area contributed by atoms with E-state index in [2.05, 4.69) is 4.40 Å². The van der Waals surface area contributed by atoms with Crippen molar-refractivity contribution in [3.8, 4) is 11.1 Å². The molecule has 4 rings (SSSR count). The third-order valence-electron chi connectivity index (χ3n) is 4.23. The van der Waals surface area contributed by atoms with Crippen molar-refractivity contribution in [1.29, 1.82) is 0 Å². The molecule has 0 fully saturated rings. The van der Waals surface area contributed by atoms with Crippen molar-refractivity contribution in [2.45, 2.75) is 11.8 Å². The van der Waals surface area contributed by atoms with Gasteiger partial charge < -0.3 is 4.42 Å². The van der Waals surface area contributed by atoms with Crippen LogP contribution in [0.2, 0.25) is 0 Å². The van der Waals surface area contributed by atoms with Gasteiger partial charge in [-0.05, 0) is 42.8 Å². The largest absolute Gasteiger partial charge is 0.437 e. The first kappa shape index (κ1) is 17.2. The van der Waals surface area contributed by atoms with E-state index >= 15 is 0 Å². The standard InChI is InChI=1S/C22H17NO3S/c1-16-12-13-21-18(14-16)15-20(17-8-4-2-5-9-17)22(26-21)23-27(24,25)19-10-6-3-7-11-19/h2-15H,1H3/b23-22-. The minimum atomic E-state index is -3.89. The molecule has 0 saturated heterocycles. The molecule has 3 aromatic carbocycles. The van der Waals surface area contributed by atoms with Gasteiger partial charge >= 0.3 is 0 Å². The van der Waals surface area contributed by atoms with Crippen LogP contribution in [-0.4, -0.2) is 8.42 Å². The highest BCUT2D eigenvalue weighted by molar-refractivity contribution is 7.90. The first-order chi connectivity index (χ1) is 13.0. The van der Waals surface area contributed by atoms with Gasteiger partial charge in [0.05, 0.1) is 4.90 Å². The first-order valence-electron chi connectivity index (χ1n) is 8.49. The normalized spacial score (nSPS) is 12.4. The molecule has 134 valence electrons. The lowest BCUT2D eigenvalue weighted by Crippen LogP contribution is -2.11. The van der Waals surface area contributed by atoms with Crippen LogP contribution in [0.1, 0.15) is 5.56 Å². The number of fused-ring (bicyclic) bond motifs is 1. The lowest BCUT2D eigenvalue weighted by atomic mass is 10.1. The number of sulfonamides is 1. The van der Waals surface area contributed by atoms with Gasteiger partial charge in [0.2, 0.25) is 5.55 Å². The van der Waals surface area contributed by atoms with Gasteiger partial charge in [-0.25, -0.2) is 0 Å². The van der Waals surface area contributed by atoms with E-state index < -0.39 is 10.0 Å². The molecule has 0 bridgehead atoms. The van der Waals surface area contributed by atoms with Crippen molar-refractivity contribution in [3.63, 3.8) is 0 Å². The Labute approximate surface area is 157 Å². The second-order valence-corrected chi connectivity index (χ2v) is 7.86. The summed E-state index contributed by atoms with van der Waals surface area (Å²) < 4.78 is 35.4. The van der Waals surface area contributed by atoms with Crippen LogP contribution < -0.4 is 5.55 Å². The third kappa shape index (κ3) is 3.55. The van der Waals surface area contributed by atoms with E-state index in [0.29, 0.717) is 11.1 Å². The number of rotatable bonds is 3. The summed E-state index contributed by atoms with van der Waals surface area (Å²) in [4.78, 5) is 0.128. The smallest absolute Gasteiger partial charge is 0.285 e. The fraction of sp³-hybridized carbons (Fsp3) is 0.0455. The maximum Gasteiger partial charge on any atom is 0.285 e. The number of nitrogens with zero attached hydrogens (tertiary/aromatic N) is 1. The maximum absolute atomic E-state index is 12.7. The Morgan fingerprint density at radius 3 is 2.19 bits per heavy atom. The molecule has 0 aliphatic heterocycles. The van der Waals surface area contributed by atoms with E-state index in [4.69, 9.17) is 4.42 Å². The number of benzene rings is 3. The SMILES string of the molecule is Cc1ccc2o/c(=N\S(=O)(=O)c3ccccc3)c(-c3ccccc3)cc2c1. The summed E-state index contributed by atoms with van der Waals surface area (Å²) in [6.45, 7) is 2.00. The highest BCUT2D eigenvalue weighted by Gasteiger charge is 2.14. The molecule has 4 aromatic rings. The molecule has 5 heteroatoms. The summed E-state index contributed by atoms with van der Waals surface area (Å²) in [6, 6.07) is 25.3. The van der Waals surface area contributed by atoms with Gasteiger partial charge in [-0.2, -0.15) is 8.42 Å². The summed E-state index contributed by atoms with van der Waals surface area (Å²) >= 11 is 0. The zero-order chi connectivity index (χ0) is 18.9. The average molecular weight is 375 g/mol. The van der Waals surface area contributed by atoms with Crippen LogP contribution in [0.15, 0.2) is 98.6 Å². The van der Waals surface area contributed by atoms with Crippen molar-refractivity contribution >= 4 is 21.0 Å². The fourth-order valence-electron chi connectivity index (χ4n) is 2.90. The van der Waals surface area contributed by atoms with Crippen molar-refractivity contribution in [3.05, 3.63) is 96.0 Å². The molecular formula is C22H17NO3S. The van der Waals surface area contributed by atoms with Crippen molar-refractivity contribution in [2.75, 3.05) is 0 Å². The van der Waals surface area contributed by atoms with E-state index in [1.54, 1.807) is 18.2 Å². The molecule has 0 radical (unpaired) electrons. The molecule has 0 amide bonds. The maximum atomic E-state index is 12.7. The van der Waals surface area contributed by atoms with E-state index in [-0.39, 0.29) is 10.4 Å². The van der Waals surface area contributed by atoms with E-state index in [1.807, 2.05) is 61.5 Å². The van der Waals surface area contributed by atoms with Crippen LogP contribution in [0.25, 0.3) is 22.1 Å². The van der Waals surface area contributed by atoms with Gasteiger partial charge in [0.25, 0.3) is 10.0 Å².